The number of amides is 1. The van der Waals surface area contributed by atoms with E-state index in [9.17, 15) is 19.7 Å². The molecule has 1 aromatic heterocycles. The molecule has 0 spiro atoms. The first-order valence-electron chi connectivity index (χ1n) is 7.81. The molecular formula is C17H16N2O6S. The number of carbonyl (C=O) groups excluding carboxylic acids is 2. The van der Waals surface area contributed by atoms with Crippen molar-refractivity contribution in [2.24, 2.45) is 0 Å². The number of ether oxygens (including phenoxy) is 1. The highest BCUT2D eigenvalue weighted by atomic mass is 32.2. The van der Waals surface area contributed by atoms with Gasteiger partial charge in [-0.2, -0.15) is 0 Å². The van der Waals surface area contributed by atoms with Gasteiger partial charge in [0.25, 0.3) is 5.69 Å². The van der Waals surface area contributed by atoms with Crippen LogP contribution < -0.4 is 0 Å². The summed E-state index contributed by atoms with van der Waals surface area (Å²) in [5.74, 6) is 0.258. The Morgan fingerprint density at radius 3 is 2.65 bits per heavy atom. The second kappa shape index (κ2) is 7.61. The molecule has 9 heteroatoms. The smallest absolute Gasteiger partial charge is 0.330 e. The number of non-ortho nitro benzene ring substituents is 1. The summed E-state index contributed by atoms with van der Waals surface area (Å²) in [6.45, 7) is 1.38. The van der Waals surface area contributed by atoms with E-state index in [0.717, 1.165) is 0 Å². The highest BCUT2D eigenvalue weighted by Crippen LogP contribution is 2.41. The van der Waals surface area contributed by atoms with Crippen LogP contribution in [0.5, 0.6) is 0 Å². The lowest BCUT2D eigenvalue weighted by Gasteiger charge is -2.25. The maximum atomic E-state index is 12.5. The van der Waals surface area contributed by atoms with Crippen LogP contribution in [0.15, 0.2) is 47.1 Å². The van der Waals surface area contributed by atoms with Gasteiger partial charge in [0, 0.05) is 24.8 Å². The number of nitrogens with zero attached hydrogens (tertiary/aromatic N) is 2. The molecule has 1 fully saturated rings. The van der Waals surface area contributed by atoms with E-state index in [1.807, 2.05) is 0 Å². The van der Waals surface area contributed by atoms with E-state index in [4.69, 9.17) is 9.15 Å². The number of nitro benzene ring substituents is 1. The normalized spacial score (nSPS) is 19.3. The third kappa shape index (κ3) is 3.72. The molecule has 0 aliphatic carbocycles. The van der Waals surface area contributed by atoms with E-state index in [0.29, 0.717) is 17.1 Å². The van der Waals surface area contributed by atoms with Gasteiger partial charge in [-0.05, 0) is 29.8 Å². The summed E-state index contributed by atoms with van der Waals surface area (Å²) in [6, 6.07) is 8.55. The molecular weight excluding hydrogens is 360 g/mol. The lowest BCUT2D eigenvalue weighted by atomic mass is 10.2. The summed E-state index contributed by atoms with van der Waals surface area (Å²) in [6.07, 6.45) is 1.52. The molecule has 1 aliphatic heterocycles. The summed E-state index contributed by atoms with van der Waals surface area (Å²) < 4.78 is 10.7. The largest absolute Gasteiger partial charge is 0.466 e. The monoisotopic (exact) mass is 376 g/mol. The van der Waals surface area contributed by atoms with Gasteiger partial charge in [-0.15, -0.1) is 11.8 Å². The van der Waals surface area contributed by atoms with Crippen molar-refractivity contribution in [3.8, 4) is 0 Å². The van der Waals surface area contributed by atoms with Gasteiger partial charge in [-0.1, -0.05) is 0 Å². The Hall–Kier alpha value is -2.81. The van der Waals surface area contributed by atoms with E-state index in [1.54, 1.807) is 12.1 Å². The van der Waals surface area contributed by atoms with E-state index in [-0.39, 0.29) is 23.6 Å². The fraction of sp³-hybridized carbons (Fsp3) is 0.294. The van der Waals surface area contributed by atoms with Crippen LogP contribution in [0, 0.1) is 10.1 Å². The number of hydrogen-bond donors (Lipinski definition) is 0. The number of furan rings is 1. The average molecular weight is 376 g/mol. The zero-order valence-electron chi connectivity index (χ0n) is 13.9. The number of hydrogen-bond acceptors (Lipinski definition) is 7. The van der Waals surface area contributed by atoms with Crippen molar-refractivity contribution in [3.63, 3.8) is 0 Å². The molecule has 2 atom stereocenters. The standard InChI is InChI=1S/C17H16N2O6S/c1-11(20)18-14(10-26-16(18)15-3-2-8-24-15)17(21)25-9-12-4-6-13(7-5-12)19(22)23/h2-8,14,16H,9-10H2,1H3/t14-,16-/m1/s1. The summed E-state index contributed by atoms with van der Waals surface area (Å²) >= 11 is 1.44. The van der Waals surface area contributed by atoms with Crippen LogP contribution >= 0.6 is 11.8 Å². The molecule has 1 amide bonds. The SMILES string of the molecule is CC(=O)N1[C@@H](C(=O)OCc2ccc([N+](=O)[O-])cc2)CS[C@@H]1c1ccco1. The number of nitro groups is 1. The lowest BCUT2D eigenvalue weighted by Crippen LogP contribution is -2.42. The van der Waals surface area contributed by atoms with Gasteiger partial charge >= 0.3 is 5.97 Å². The molecule has 26 heavy (non-hydrogen) atoms. The van der Waals surface area contributed by atoms with Gasteiger partial charge in [0.2, 0.25) is 5.91 Å². The van der Waals surface area contributed by atoms with Crippen LogP contribution in [-0.4, -0.2) is 33.5 Å². The summed E-state index contributed by atoms with van der Waals surface area (Å²) in [7, 11) is 0. The summed E-state index contributed by atoms with van der Waals surface area (Å²) in [5, 5.41) is 10.3. The first-order valence-corrected chi connectivity index (χ1v) is 8.86. The molecule has 2 heterocycles. The quantitative estimate of drug-likeness (QED) is 0.449. The Bertz CT molecular complexity index is 805. The molecule has 2 aromatic rings. The topological polar surface area (TPSA) is 103 Å². The molecule has 136 valence electrons. The van der Waals surface area contributed by atoms with E-state index >= 15 is 0 Å². The Kier molecular flexibility index (Phi) is 5.27. The molecule has 1 aliphatic rings. The molecule has 1 saturated heterocycles. The molecule has 8 nitrogen and oxygen atoms in total. The van der Waals surface area contributed by atoms with Gasteiger partial charge in [0.05, 0.1) is 11.2 Å². The second-order valence-electron chi connectivity index (χ2n) is 5.67. The zero-order chi connectivity index (χ0) is 18.7. The number of esters is 1. The zero-order valence-corrected chi connectivity index (χ0v) is 14.7. The highest BCUT2D eigenvalue weighted by molar-refractivity contribution is 7.99. The van der Waals surface area contributed by atoms with Crippen LogP contribution in [0.2, 0.25) is 0 Å². The molecule has 1 aromatic carbocycles. The number of rotatable bonds is 5. The van der Waals surface area contributed by atoms with Gasteiger partial charge in [0.15, 0.2) is 0 Å². The van der Waals surface area contributed by atoms with Crippen LogP contribution in [0.1, 0.15) is 23.6 Å². The molecule has 0 N–H and O–H groups in total. The molecule has 0 saturated carbocycles. The third-order valence-corrected chi connectivity index (χ3v) is 5.23. The van der Waals surface area contributed by atoms with Gasteiger partial charge < -0.3 is 14.1 Å². The fourth-order valence-electron chi connectivity index (χ4n) is 2.69. The first-order chi connectivity index (χ1) is 12.5. The summed E-state index contributed by atoms with van der Waals surface area (Å²) in [4.78, 5) is 36.1. The second-order valence-corrected chi connectivity index (χ2v) is 6.79. The molecule has 0 radical (unpaired) electrons. The Labute approximate surface area is 153 Å². The van der Waals surface area contributed by atoms with Crippen molar-refractivity contribution >= 4 is 29.3 Å². The Balaban J connectivity index is 1.65. The van der Waals surface area contributed by atoms with Crippen molar-refractivity contribution in [2.75, 3.05) is 5.75 Å². The molecule has 0 unspecified atom stereocenters. The molecule has 3 rings (SSSR count). The van der Waals surface area contributed by atoms with E-state index < -0.39 is 16.9 Å². The maximum absolute atomic E-state index is 12.5. The summed E-state index contributed by atoms with van der Waals surface area (Å²) in [5.41, 5.74) is 0.600. The highest BCUT2D eigenvalue weighted by Gasteiger charge is 2.43. The predicted molar refractivity (Wildman–Crippen MR) is 93.1 cm³/mol. The van der Waals surface area contributed by atoms with Crippen molar-refractivity contribution < 1.29 is 23.7 Å². The number of benzene rings is 1. The van der Waals surface area contributed by atoms with E-state index in [1.165, 1.54) is 54.1 Å². The minimum atomic E-state index is -0.703. The van der Waals surface area contributed by atoms with E-state index in [2.05, 4.69) is 0 Å². The maximum Gasteiger partial charge on any atom is 0.330 e. The Morgan fingerprint density at radius 1 is 1.35 bits per heavy atom. The van der Waals surface area contributed by atoms with Crippen LogP contribution in [0.4, 0.5) is 5.69 Å². The lowest BCUT2D eigenvalue weighted by molar-refractivity contribution is -0.384. The fourth-order valence-corrected chi connectivity index (χ4v) is 4.10. The van der Waals surface area contributed by atoms with Crippen molar-refractivity contribution in [1.29, 1.82) is 0 Å². The van der Waals surface area contributed by atoms with Gasteiger partial charge in [0.1, 0.15) is 23.8 Å². The van der Waals surface area contributed by atoms with Gasteiger partial charge in [-0.25, -0.2) is 4.79 Å². The number of thioether (sulfide) groups is 1. The average Bonchev–Trinajstić information content (AvgIpc) is 3.28. The minimum Gasteiger partial charge on any atom is -0.466 e. The van der Waals surface area contributed by atoms with Crippen molar-refractivity contribution in [1.82, 2.24) is 4.90 Å². The minimum absolute atomic E-state index is 0.0187. The van der Waals surface area contributed by atoms with Crippen molar-refractivity contribution in [3.05, 3.63) is 64.1 Å². The first kappa shape index (κ1) is 18.0. The molecule has 0 bridgehead atoms. The third-order valence-electron chi connectivity index (χ3n) is 3.95. The van der Waals surface area contributed by atoms with Crippen molar-refractivity contribution in [2.45, 2.75) is 24.9 Å². The van der Waals surface area contributed by atoms with Crippen LogP contribution in [0.25, 0.3) is 0 Å². The van der Waals surface area contributed by atoms with Crippen LogP contribution in [-0.2, 0) is 20.9 Å². The Morgan fingerprint density at radius 2 is 2.08 bits per heavy atom. The van der Waals surface area contributed by atoms with Gasteiger partial charge in [-0.3, -0.25) is 14.9 Å². The van der Waals surface area contributed by atoms with Crippen LogP contribution in [0.3, 0.4) is 0 Å². The predicted octanol–water partition coefficient (Wildman–Crippen LogP) is 2.89. The number of carbonyl (C=O) groups is 2.